The van der Waals surface area contributed by atoms with Crippen molar-refractivity contribution in [3.8, 4) is 0 Å². The molecule has 0 amide bonds. The molecule has 0 aromatic carbocycles. The topological polar surface area (TPSA) is 81.7 Å². The van der Waals surface area contributed by atoms with Crippen molar-refractivity contribution in [2.45, 2.75) is 12.5 Å². The normalized spacial score (nSPS) is 12.9. The van der Waals surface area contributed by atoms with Crippen LogP contribution in [0.5, 0.6) is 0 Å². The quantitative estimate of drug-likeness (QED) is 0.644. The van der Waals surface area contributed by atoms with Gasteiger partial charge in [0.2, 0.25) is 0 Å². The van der Waals surface area contributed by atoms with Gasteiger partial charge < -0.3 is 0 Å². The van der Waals surface area contributed by atoms with Crippen LogP contribution in [0.4, 0.5) is 0 Å². The number of halogens is 1. The predicted octanol–water partition coefficient (Wildman–Crippen LogP) is 0.781. The molecule has 2 aromatic heterocycles. The minimum absolute atomic E-state index is 0.00625. The lowest BCUT2D eigenvalue weighted by Crippen LogP contribution is -2.29. The first-order chi connectivity index (χ1) is 7.69. The number of rotatable bonds is 4. The van der Waals surface area contributed by atoms with Crippen LogP contribution in [0.25, 0.3) is 0 Å². The number of nitrogens with zero attached hydrogens (tertiary/aromatic N) is 4. The Hall–Kier alpha value is -0.830. The largest absolute Gasteiger partial charge is 0.271 e. The molecule has 16 heavy (non-hydrogen) atoms. The van der Waals surface area contributed by atoms with E-state index in [2.05, 4.69) is 36.8 Å². The van der Waals surface area contributed by atoms with Gasteiger partial charge in [-0.3, -0.25) is 11.3 Å². The molecule has 0 saturated carbocycles. The maximum absolute atomic E-state index is 5.53. The van der Waals surface area contributed by atoms with Crippen molar-refractivity contribution in [1.29, 1.82) is 0 Å². The first kappa shape index (κ1) is 11.6. The minimum Gasteiger partial charge on any atom is -0.271 e. The zero-order chi connectivity index (χ0) is 11.5. The summed E-state index contributed by atoms with van der Waals surface area (Å²) < 4.78 is 1.08. The van der Waals surface area contributed by atoms with Gasteiger partial charge in [0.25, 0.3) is 0 Å². The Morgan fingerprint density at radius 3 is 3.00 bits per heavy atom. The Bertz CT molecular complexity index is 467. The van der Waals surface area contributed by atoms with Crippen LogP contribution in [0, 0.1) is 0 Å². The van der Waals surface area contributed by atoms with Gasteiger partial charge in [0.1, 0.15) is 0 Å². The van der Waals surface area contributed by atoms with Crippen LogP contribution in [0.3, 0.4) is 0 Å². The summed E-state index contributed by atoms with van der Waals surface area (Å²) in [7, 11) is 1.74. The second-order valence-corrected chi connectivity index (χ2v) is 5.59. The molecule has 86 valence electrons. The van der Waals surface area contributed by atoms with Gasteiger partial charge in [-0.25, -0.2) is 0 Å². The molecule has 2 heterocycles. The average molecular weight is 303 g/mol. The summed E-state index contributed by atoms with van der Waals surface area (Å²) in [6.45, 7) is 0. The van der Waals surface area contributed by atoms with E-state index in [4.69, 9.17) is 5.84 Å². The third kappa shape index (κ3) is 2.64. The van der Waals surface area contributed by atoms with Crippen LogP contribution in [0.1, 0.15) is 17.4 Å². The van der Waals surface area contributed by atoms with Crippen molar-refractivity contribution in [1.82, 2.24) is 25.6 Å². The summed E-state index contributed by atoms with van der Waals surface area (Å²) in [6.07, 6.45) is 0.619. The van der Waals surface area contributed by atoms with E-state index < -0.39 is 0 Å². The van der Waals surface area contributed by atoms with Gasteiger partial charge in [0, 0.05) is 6.42 Å². The second kappa shape index (κ2) is 5.00. The molecule has 3 N–H and O–H groups in total. The predicted molar refractivity (Wildman–Crippen MR) is 64.6 cm³/mol. The molecule has 0 aliphatic rings. The van der Waals surface area contributed by atoms with E-state index in [9.17, 15) is 0 Å². The zero-order valence-corrected chi connectivity index (χ0v) is 11.0. The molecule has 0 saturated heterocycles. The number of tetrazole rings is 1. The molecule has 0 aliphatic heterocycles. The number of aryl methyl sites for hydroxylation is 1. The molecular weight excluding hydrogens is 292 g/mol. The molecule has 0 spiro atoms. The highest BCUT2D eigenvalue weighted by Crippen LogP contribution is 2.26. The van der Waals surface area contributed by atoms with Crippen LogP contribution in [-0.2, 0) is 13.5 Å². The van der Waals surface area contributed by atoms with Gasteiger partial charge in [0.05, 0.1) is 16.9 Å². The van der Waals surface area contributed by atoms with Crippen molar-refractivity contribution >= 4 is 27.3 Å². The van der Waals surface area contributed by atoms with E-state index in [0.29, 0.717) is 12.2 Å². The van der Waals surface area contributed by atoms with Gasteiger partial charge in [0.15, 0.2) is 5.82 Å². The summed E-state index contributed by atoms with van der Waals surface area (Å²) in [6, 6.07) is 2.04. The van der Waals surface area contributed by atoms with Crippen LogP contribution in [0.2, 0.25) is 0 Å². The van der Waals surface area contributed by atoms with Gasteiger partial charge in [-0.1, -0.05) is 0 Å². The lowest BCUT2D eigenvalue weighted by Gasteiger charge is -2.11. The lowest BCUT2D eigenvalue weighted by molar-refractivity contribution is 0.537. The van der Waals surface area contributed by atoms with Crippen molar-refractivity contribution in [3.05, 3.63) is 26.6 Å². The summed E-state index contributed by atoms with van der Waals surface area (Å²) in [5.74, 6) is 6.20. The number of nitrogens with two attached hydrogens (primary N) is 1. The Kier molecular flexibility index (Phi) is 3.64. The average Bonchev–Trinajstić information content (AvgIpc) is 2.84. The fraction of sp³-hybridized carbons (Fsp3) is 0.375. The highest BCUT2D eigenvalue weighted by atomic mass is 79.9. The number of aromatic nitrogens is 4. The molecule has 6 nitrogen and oxygen atoms in total. The molecule has 0 aliphatic carbocycles. The first-order valence-electron chi connectivity index (χ1n) is 4.62. The van der Waals surface area contributed by atoms with Gasteiger partial charge in [-0.15, -0.1) is 21.5 Å². The SMILES string of the molecule is Cn1nnc(CC(NN)c2csc(Br)c2)n1. The Balaban J connectivity index is 2.12. The smallest absolute Gasteiger partial charge is 0.176 e. The van der Waals surface area contributed by atoms with Crippen LogP contribution in [0.15, 0.2) is 15.2 Å². The van der Waals surface area contributed by atoms with Crippen LogP contribution in [-0.4, -0.2) is 20.2 Å². The molecule has 0 radical (unpaired) electrons. The molecule has 8 heteroatoms. The van der Waals surface area contributed by atoms with E-state index in [0.717, 1.165) is 9.35 Å². The molecule has 1 unspecified atom stereocenters. The molecule has 0 bridgehead atoms. The Morgan fingerprint density at radius 1 is 1.69 bits per heavy atom. The van der Waals surface area contributed by atoms with Gasteiger partial charge in [-0.2, -0.15) is 4.80 Å². The second-order valence-electron chi connectivity index (χ2n) is 3.30. The van der Waals surface area contributed by atoms with E-state index in [-0.39, 0.29) is 6.04 Å². The standard InChI is InChI=1S/C8H11BrN6S/c1-15-13-8(12-14-15)3-6(11-10)5-2-7(9)16-4-5/h2,4,6,11H,3,10H2,1H3. The number of hydrazine groups is 1. The van der Waals surface area contributed by atoms with Crippen molar-refractivity contribution < 1.29 is 0 Å². The summed E-state index contributed by atoms with van der Waals surface area (Å²) in [5, 5.41) is 13.9. The fourth-order valence-electron chi connectivity index (χ4n) is 1.37. The minimum atomic E-state index is 0.00625. The first-order valence-corrected chi connectivity index (χ1v) is 6.29. The van der Waals surface area contributed by atoms with Crippen LogP contribution >= 0.6 is 27.3 Å². The fourth-order valence-corrected chi connectivity index (χ4v) is 2.60. The third-order valence-electron chi connectivity index (χ3n) is 2.13. The van der Waals surface area contributed by atoms with E-state index >= 15 is 0 Å². The maximum Gasteiger partial charge on any atom is 0.176 e. The number of hydrogen-bond donors (Lipinski definition) is 2. The summed E-state index contributed by atoms with van der Waals surface area (Å²) >= 11 is 5.04. The third-order valence-corrected chi connectivity index (χ3v) is 3.65. The molecule has 2 aromatic rings. The lowest BCUT2D eigenvalue weighted by atomic mass is 10.1. The van der Waals surface area contributed by atoms with E-state index in [1.165, 1.54) is 4.80 Å². The molecule has 1 atom stereocenters. The molecule has 0 fully saturated rings. The van der Waals surface area contributed by atoms with Gasteiger partial charge >= 0.3 is 0 Å². The number of thiophene rings is 1. The van der Waals surface area contributed by atoms with Crippen molar-refractivity contribution in [2.24, 2.45) is 12.9 Å². The monoisotopic (exact) mass is 302 g/mol. The number of nitrogens with one attached hydrogen (secondary N) is 1. The highest BCUT2D eigenvalue weighted by Gasteiger charge is 2.15. The molecular formula is C8H11BrN6S. The molecule has 2 rings (SSSR count). The number of hydrogen-bond acceptors (Lipinski definition) is 6. The van der Waals surface area contributed by atoms with Gasteiger partial charge in [-0.05, 0) is 38.2 Å². The van der Waals surface area contributed by atoms with Crippen molar-refractivity contribution in [3.63, 3.8) is 0 Å². The van der Waals surface area contributed by atoms with Crippen LogP contribution < -0.4 is 11.3 Å². The maximum atomic E-state index is 5.53. The van der Waals surface area contributed by atoms with Crippen molar-refractivity contribution in [2.75, 3.05) is 0 Å². The Labute approximate surface area is 105 Å². The zero-order valence-electron chi connectivity index (χ0n) is 8.59. The highest BCUT2D eigenvalue weighted by molar-refractivity contribution is 9.11. The Morgan fingerprint density at radius 2 is 2.50 bits per heavy atom. The van der Waals surface area contributed by atoms with E-state index in [1.54, 1.807) is 18.4 Å². The summed E-state index contributed by atoms with van der Waals surface area (Å²) in [4.78, 5) is 1.44. The van der Waals surface area contributed by atoms with E-state index in [1.807, 2.05) is 11.4 Å². The summed E-state index contributed by atoms with van der Waals surface area (Å²) in [5.41, 5.74) is 3.88.